The zero-order valence-corrected chi connectivity index (χ0v) is 8.78. The van der Waals surface area contributed by atoms with Crippen LogP contribution in [0, 0.1) is 11.8 Å². The van der Waals surface area contributed by atoms with Crippen molar-refractivity contribution in [3.05, 3.63) is 29.6 Å². The summed E-state index contributed by atoms with van der Waals surface area (Å²) in [4.78, 5) is 4.19. The quantitative estimate of drug-likeness (QED) is 0.685. The van der Waals surface area contributed by atoms with Crippen LogP contribution >= 0.6 is 0 Å². The molecule has 0 saturated heterocycles. The maximum absolute atomic E-state index is 8.96. The van der Waals surface area contributed by atoms with Crippen molar-refractivity contribution in [1.29, 1.82) is 0 Å². The Labute approximate surface area is 85.0 Å². The van der Waals surface area contributed by atoms with Crippen molar-refractivity contribution < 1.29 is 5.11 Å². The zero-order valence-electron chi connectivity index (χ0n) is 8.78. The third kappa shape index (κ3) is 3.20. The van der Waals surface area contributed by atoms with E-state index >= 15 is 0 Å². The summed E-state index contributed by atoms with van der Waals surface area (Å²) >= 11 is 0. The van der Waals surface area contributed by atoms with E-state index in [0.717, 1.165) is 0 Å². The van der Waals surface area contributed by atoms with Crippen LogP contribution in [-0.2, 0) is 0 Å². The van der Waals surface area contributed by atoms with Crippen LogP contribution in [0.1, 0.15) is 37.9 Å². The number of hydrogen-bond acceptors (Lipinski definition) is 2. The Morgan fingerprint density at radius 1 is 1.29 bits per heavy atom. The molecule has 0 fully saturated rings. The fourth-order valence-corrected chi connectivity index (χ4v) is 0.999. The molecule has 1 N–H and O–H groups in total. The minimum absolute atomic E-state index is 0.487. The summed E-state index contributed by atoms with van der Waals surface area (Å²) in [5.74, 6) is 5.94. The molecule has 1 heterocycles. The van der Waals surface area contributed by atoms with Gasteiger partial charge in [-0.25, -0.2) is 4.98 Å². The summed E-state index contributed by atoms with van der Waals surface area (Å²) in [6.07, 6.45) is 1.23. The fourth-order valence-electron chi connectivity index (χ4n) is 0.999. The molecule has 0 spiro atoms. The predicted molar refractivity (Wildman–Crippen MR) is 56.9 cm³/mol. The number of aromatic nitrogens is 1. The van der Waals surface area contributed by atoms with Gasteiger partial charge in [0.2, 0.25) is 0 Å². The summed E-state index contributed by atoms with van der Waals surface area (Å²) in [6, 6.07) is 3.90. The minimum Gasteiger partial charge on any atom is -0.381 e. The maximum Gasteiger partial charge on any atom is 0.113 e. The van der Waals surface area contributed by atoms with Gasteiger partial charge >= 0.3 is 0 Å². The molecular weight excluding hydrogens is 174 g/mol. The molecule has 74 valence electrons. The van der Waals surface area contributed by atoms with Gasteiger partial charge in [0.05, 0.1) is 0 Å². The first kappa shape index (κ1) is 10.7. The standard InChI is InChI=1S/C12H15NO/c1-9(2)11-5-7-12(13-8-11)6-4-10(3)14/h5,7-10,14H,1-3H3. The first-order chi connectivity index (χ1) is 6.59. The molecule has 1 unspecified atom stereocenters. The van der Waals surface area contributed by atoms with Gasteiger partial charge in [-0.2, -0.15) is 0 Å². The van der Waals surface area contributed by atoms with Crippen molar-refractivity contribution in [3.63, 3.8) is 0 Å². The van der Waals surface area contributed by atoms with Gasteiger partial charge in [-0.1, -0.05) is 25.8 Å². The third-order valence-corrected chi connectivity index (χ3v) is 1.86. The van der Waals surface area contributed by atoms with E-state index in [-0.39, 0.29) is 0 Å². The van der Waals surface area contributed by atoms with Crippen LogP contribution < -0.4 is 0 Å². The molecule has 0 aromatic carbocycles. The molecular formula is C12H15NO. The molecule has 1 rings (SSSR count). The average molecular weight is 189 g/mol. The van der Waals surface area contributed by atoms with E-state index in [1.807, 2.05) is 18.3 Å². The Morgan fingerprint density at radius 3 is 2.43 bits per heavy atom. The lowest BCUT2D eigenvalue weighted by molar-refractivity contribution is 0.253. The second kappa shape index (κ2) is 4.78. The van der Waals surface area contributed by atoms with Gasteiger partial charge in [-0.05, 0) is 30.4 Å². The largest absolute Gasteiger partial charge is 0.381 e. The normalized spacial score (nSPS) is 12.1. The average Bonchev–Trinajstić information content (AvgIpc) is 2.15. The van der Waals surface area contributed by atoms with Crippen molar-refractivity contribution in [2.45, 2.75) is 32.8 Å². The molecule has 2 heteroatoms. The van der Waals surface area contributed by atoms with Gasteiger partial charge < -0.3 is 5.11 Å². The van der Waals surface area contributed by atoms with Gasteiger partial charge in [-0.15, -0.1) is 0 Å². The second-order valence-corrected chi connectivity index (χ2v) is 3.58. The molecule has 0 amide bonds. The van der Waals surface area contributed by atoms with Crippen LogP contribution in [0.15, 0.2) is 18.3 Å². The van der Waals surface area contributed by atoms with Crippen LogP contribution in [0.5, 0.6) is 0 Å². The first-order valence-corrected chi connectivity index (χ1v) is 4.75. The number of aliphatic hydroxyl groups is 1. The predicted octanol–water partition coefficient (Wildman–Crippen LogP) is 1.94. The molecule has 0 aliphatic heterocycles. The van der Waals surface area contributed by atoms with E-state index in [2.05, 4.69) is 30.7 Å². The highest BCUT2D eigenvalue weighted by Crippen LogP contribution is 2.12. The van der Waals surface area contributed by atoms with Crippen LogP contribution in [0.25, 0.3) is 0 Å². The van der Waals surface area contributed by atoms with Crippen LogP contribution in [-0.4, -0.2) is 16.2 Å². The van der Waals surface area contributed by atoms with Gasteiger partial charge in [0.1, 0.15) is 11.8 Å². The van der Waals surface area contributed by atoms with Crippen molar-refractivity contribution in [2.24, 2.45) is 0 Å². The lowest BCUT2D eigenvalue weighted by atomic mass is 10.1. The summed E-state index contributed by atoms with van der Waals surface area (Å²) < 4.78 is 0. The van der Waals surface area contributed by atoms with E-state index in [4.69, 9.17) is 5.11 Å². The Kier molecular flexibility index (Phi) is 3.67. The minimum atomic E-state index is -0.596. The lowest BCUT2D eigenvalue weighted by Crippen LogP contribution is -1.94. The number of nitrogens with zero attached hydrogens (tertiary/aromatic N) is 1. The number of aliphatic hydroxyl groups excluding tert-OH is 1. The van der Waals surface area contributed by atoms with Gasteiger partial charge in [-0.3, -0.25) is 0 Å². The molecule has 2 nitrogen and oxygen atoms in total. The second-order valence-electron chi connectivity index (χ2n) is 3.58. The Bertz CT molecular complexity index is 341. The van der Waals surface area contributed by atoms with Crippen LogP contribution in [0.2, 0.25) is 0 Å². The van der Waals surface area contributed by atoms with E-state index < -0.39 is 6.10 Å². The lowest BCUT2D eigenvalue weighted by Gasteiger charge is -2.02. The summed E-state index contributed by atoms with van der Waals surface area (Å²) in [7, 11) is 0. The highest BCUT2D eigenvalue weighted by Gasteiger charge is 1.98. The molecule has 14 heavy (non-hydrogen) atoms. The maximum atomic E-state index is 8.96. The van der Waals surface area contributed by atoms with Gasteiger partial charge in [0, 0.05) is 6.20 Å². The van der Waals surface area contributed by atoms with E-state index in [1.54, 1.807) is 6.92 Å². The third-order valence-electron chi connectivity index (χ3n) is 1.86. The fraction of sp³-hybridized carbons (Fsp3) is 0.417. The van der Waals surface area contributed by atoms with E-state index in [1.165, 1.54) is 5.56 Å². The summed E-state index contributed by atoms with van der Waals surface area (Å²) in [6.45, 7) is 5.88. The zero-order chi connectivity index (χ0) is 10.6. The molecule has 1 atom stereocenters. The molecule has 0 saturated carbocycles. The molecule has 0 bridgehead atoms. The van der Waals surface area contributed by atoms with E-state index in [9.17, 15) is 0 Å². The highest BCUT2D eigenvalue weighted by atomic mass is 16.3. The van der Waals surface area contributed by atoms with Gasteiger partial charge in [0.15, 0.2) is 0 Å². The molecule has 1 aromatic heterocycles. The number of pyridine rings is 1. The van der Waals surface area contributed by atoms with Crippen LogP contribution in [0.4, 0.5) is 0 Å². The summed E-state index contributed by atoms with van der Waals surface area (Å²) in [5, 5.41) is 8.96. The smallest absolute Gasteiger partial charge is 0.113 e. The van der Waals surface area contributed by atoms with Crippen molar-refractivity contribution in [3.8, 4) is 11.8 Å². The molecule has 1 aromatic rings. The van der Waals surface area contributed by atoms with Crippen molar-refractivity contribution in [2.75, 3.05) is 0 Å². The Balaban J connectivity index is 2.80. The summed E-state index contributed by atoms with van der Waals surface area (Å²) in [5.41, 5.74) is 1.91. The molecule has 0 aliphatic rings. The monoisotopic (exact) mass is 189 g/mol. The molecule has 0 aliphatic carbocycles. The number of hydrogen-bond donors (Lipinski definition) is 1. The van der Waals surface area contributed by atoms with Gasteiger partial charge in [0.25, 0.3) is 0 Å². The Hall–Kier alpha value is -1.33. The number of rotatable bonds is 1. The van der Waals surface area contributed by atoms with Crippen molar-refractivity contribution in [1.82, 2.24) is 4.98 Å². The topological polar surface area (TPSA) is 33.1 Å². The van der Waals surface area contributed by atoms with Crippen molar-refractivity contribution >= 4 is 0 Å². The Morgan fingerprint density at radius 2 is 2.00 bits per heavy atom. The van der Waals surface area contributed by atoms with E-state index in [0.29, 0.717) is 11.6 Å². The first-order valence-electron chi connectivity index (χ1n) is 4.75. The highest BCUT2D eigenvalue weighted by molar-refractivity contribution is 5.30. The SMILES string of the molecule is CC(O)C#Cc1ccc(C(C)C)cn1. The van der Waals surface area contributed by atoms with Crippen LogP contribution in [0.3, 0.4) is 0 Å². The molecule has 0 radical (unpaired) electrons.